The molecule has 3 aromatic rings. The van der Waals surface area contributed by atoms with E-state index in [9.17, 15) is 9.59 Å². The van der Waals surface area contributed by atoms with Gasteiger partial charge in [0.2, 0.25) is 5.91 Å². The predicted molar refractivity (Wildman–Crippen MR) is 118 cm³/mol. The van der Waals surface area contributed by atoms with Crippen LogP contribution in [-0.4, -0.2) is 46.0 Å². The van der Waals surface area contributed by atoms with Gasteiger partial charge in [0.05, 0.1) is 12.8 Å². The van der Waals surface area contributed by atoms with Gasteiger partial charge in [0.1, 0.15) is 11.6 Å². The smallest absolute Gasteiger partial charge is 0.251 e. The number of aromatic amines is 1. The van der Waals surface area contributed by atoms with Crippen LogP contribution in [0, 0.1) is 0 Å². The maximum atomic E-state index is 12.8. The lowest BCUT2D eigenvalue weighted by atomic mass is 9.96. The molecule has 0 bridgehead atoms. The van der Waals surface area contributed by atoms with Gasteiger partial charge in [-0.25, -0.2) is 4.98 Å². The molecule has 2 aromatic heterocycles. The third-order valence-corrected chi connectivity index (χ3v) is 5.68. The highest BCUT2D eigenvalue weighted by atomic mass is 16.5. The lowest BCUT2D eigenvalue weighted by molar-refractivity contribution is -0.132. The fraction of sp³-hybridized carbons (Fsp3) is 0.333. The first-order chi connectivity index (χ1) is 15.1. The number of aryl methyl sites for hydroxylation is 1. The van der Waals surface area contributed by atoms with Crippen LogP contribution >= 0.6 is 0 Å². The molecule has 1 aliphatic rings. The normalized spacial score (nSPS) is 16.2. The molecule has 7 heteroatoms. The molecule has 31 heavy (non-hydrogen) atoms. The number of methoxy groups -OCH3 is 1. The molecule has 1 fully saturated rings. The van der Waals surface area contributed by atoms with E-state index < -0.39 is 0 Å². The summed E-state index contributed by atoms with van der Waals surface area (Å²) in [4.78, 5) is 38.6. The summed E-state index contributed by atoms with van der Waals surface area (Å²) < 4.78 is 5.18. The van der Waals surface area contributed by atoms with E-state index in [0.29, 0.717) is 30.9 Å². The minimum absolute atomic E-state index is 0.0215. The van der Waals surface area contributed by atoms with Crippen molar-refractivity contribution < 1.29 is 9.53 Å². The van der Waals surface area contributed by atoms with Crippen molar-refractivity contribution >= 4 is 5.91 Å². The lowest BCUT2D eigenvalue weighted by Gasteiger charge is -2.32. The van der Waals surface area contributed by atoms with E-state index in [0.717, 1.165) is 36.3 Å². The van der Waals surface area contributed by atoms with E-state index in [1.807, 2.05) is 41.3 Å². The minimum atomic E-state index is -0.181. The van der Waals surface area contributed by atoms with Gasteiger partial charge in [-0.1, -0.05) is 12.1 Å². The Morgan fingerprint density at radius 3 is 2.71 bits per heavy atom. The molecular formula is C24H26N4O3. The number of amides is 1. The summed E-state index contributed by atoms with van der Waals surface area (Å²) in [5.74, 6) is 1.61. The average molecular weight is 418 g/mol. The van der Waals surface area contributed by atoms with Crippen molar-refractivity contribution in [1.29, 1.82) is 0 Å². The number of piperidine rings is 1. The van der Waals surface area contributed by atoms with Crippen LogP contribution in [0.2, 0.25) is 0 Å². The Kier molecular flexibility index (Phi) is 6.40. The van der Waals surface area contributed by atoms with E-state index >= 15 is 0 Å². The number of rotatable bonds is 6. The quantitative estimate of drug-likeness (QED) is 0.664. The number of likely N-dealkylation sites (tertiary alicyclic amines) is 1. The predicted octanol–water partition coefficient (Wildman–Crippen LogP) is 3.18. The lowest BCUT2D eigenvalue weighted by Crippen LogP contribution is -2.40. The van der Waals surface area contributed by atoms with Gasteiger partial charge in [-0.05, 0) is 49.1 Å². The Labute approximate surface area is 181 Å². The number of hydrogen-bond acceptors (Lipinski definition) is 5. The summed E-state index contributed by atoms with van der Waals surface area (Å²) in [7, 11) is 1.64. The number of nitrogens with zero attached hydrogens (tertiary/aromatic N) is 3. The number of H-pyrrole nitrogens is 1. The largest absolute Gasteiger partial charge is 0.497 e. The van der Waals surface area contributed by atoms with Gasteiger partial charge in [0.25, 0.3) is 5.56 Å². The second-order valence-electron chi connectivity index (χ2n) is 7.78. The zero-order valence-corrected chi connectivity index (χ0v) is 17.6. The van der Waals surface area contributed by atoms with E-state index in [1.165, 1.54) is 6.07 Å². The average Bonchev–Trinajstić information content (AvgIpc) is 2.83. The molecule has 0 radical (unpaired) electrons. The molecule has 7 nitrogen and oxygen atoms in total. The van der Waals surface area contributed by atoms with Gasteiger partial charge in [-0.3, -0.25) is 14.6 Å². The first-order valence-corrected chi connectivity index (χ1v) is 10.5. The zero-order chi connectivity index (χ0) is 21.6. The maximum Gasteiger partial charge on any atom is 0.251 e. The Morgan fingerprint density at radius 2 is 1.97 bits per heavy atom. The third kappa shape index (κ3) is 5.17. The maximum absolute atomic E-state index is 12.8. The summed E-state index contributed by atoms with van der Waals surface area (Å²) in [6.07, 6.45) is 6.30. The van der Waals surface area contributed by atoms with Crippen molar-refractivity contribution in [2.24, 2.45) is 0 Å². The summed E-state index contributed by atoms with van der Waals surface area (Å²) in [5, 5.41) is 0. The molecule has 1 amide bonds. The topological polar surface area (TPSA) is 88.2 Å². The van der Waals surface area contributed by atoms with Crippen molar-refractivity contribution in [3.63, 3.8) is 0 Å². The molecule has 0 saturated carbocycles. The summed E-state index contributed by atoms with van der Waals surface area (Å²) in [5.41, 5.74) is 2.41. The minimum Gasteiger partial charge on any atom is -0.497 e. The molecule has 1 atom stereocenters. The Balaban J connectivity index is 1.42. The first-order valence-electron chi connectivity index (χ1n) is 10.5. The van der Waals surface area contributed by atoms with Gasteiger partial charge >= 0.3 is 0 Å². The number of benzene rings is 1. The Hall–Kier alpha value is -3.48. The molecule has 160 valence electrons. The van der Waals surface area contributed by atoms with Crippen LogP contribution in [0.5, 0.6) is 5.75 Å². The van der Waals surface area contributed by atoms with E-state index in [2.05, 4.69) is 9.97 Å². The van der Waals surface area contributed by atoms with Crippen LogP contribution in [0.1, 0.15) is 36.6 Å². The van der Waals surface area contributed by atoms with Crippen LogP contribution in [0.25, 0.3) is 11.3 Å². The van der Waals surface area contributed by atoms with Crippen LogP contribution in [-0.2, 0) is 11.2 Å². The fourth-order valence-corrected chi connectivity index (χ4v) is 3.97. The molecule has 1 aromatic carbocycles. The van der Waals surface area contributed by atoms with E-state index in [-0.39, 0.29) is 17.4 Å². The number of carbonyl (C=O) groups is 1. The molecule has 0 aliphatic carbocycles. The van der Waals surface area contributed by atoms with E-state index in [1.54, 1.807) is 19.5 Å². The van der Waals surface area contributed by atoms with Gasteiger partial charge in [-0.15, -0.1) is 0 Å². The first kappa shape index (κ1) is 20.8. The third-order valence-electron chi connectivity index (χ3n) is 5.68. The second kappa shape index (κ2) is 9.55. The fourth-order valence-electron chi connectivity index (χ4n) is 3.97. The Morgan fingerprint density at radius 1 is 1.19 bits per heavy atom. The van der Waals surface area contributed by atoms with Crippen LogP contribution in [0.15, 0.2) is 59.7 Å². The van der Waals surface area contributed by atoms with Crippen molar-refractivity contribution in [3.05, 3.63) is 76.6 Å². The summed E-state index contributed by atoms with van der Waals surface area (Å²) in [6, 6.07) is 13.0. The molecule has 3 heterocycles. The molecule has 0 unspecified atom stereocenters. The summed E-state index contributed by atoms with van der Waals surface area (Å²) >= 11 is 0. The molecule has 1 saturated heterocycles. The number of aromatic nitrogens is 3. The standard InChI is InChI=1S/C24H26N4O3/c1-31-20-7-4-17(5-8-20)6-9-23(30)28-14-2-3-19(16-28)24-26-21(15-22(29)27-24)18-10-12-25-13-11-18/h4-5,7-8,10-13,15,19H,2-3,6,9,14,16H2,1H3,(H,26,27,29)/t19-/m0/s1. The van der Waals surface area contributed by atoms with Crippen molar-refractivity contribution in [3.8, 4) is 17.0 Å². The molecular weight excluding hydrogens is 392 g/mol. The van der Waals surface area contributed by atoms with Crippen LogP contribution in [0.3, 0.4) is 0 Å². The number of pyridine rings is 1. The molecule has 1 N–H and O–H groups in total. The van der Waals surface area contributed by atoms with Crippen molar-refractivity contribution in [2.75, 3.05) is 20.2 Å². The van der Waals surface area contributed by atoms with E-state index in [4.69, 9.17) is 9.72 Å². The van der Waals surface area contributed by atoms with Crippen molar-refractivity contribution in [2.45, 2.75) is 31.6 Å². The van der Waals surface area contributed by atoms with Gasteiger partial charge in [0.15, 0.2) is 0 Å². The van der Waals surface area contributed by atoms with Gasteiger partial charge in [-0.2, -0.15) is 0 Å². The second-order valence-corrected chi connectivity index (χ2v) is 7.78. The van der Waals surface area contributed by atoms with Gasteiger partial charge < -0.3 is 14.6 Å². The number of ether oxygens (including phenoxy) is 1. The molecule has 1 aliphatic heterocycles. The van der Waals surface area contributed by atoms with Crippen LogP contribution < -0.4 is 10.3 Å². The Bertz CT molecular complexity index is 1080. The molecule has 4 rings (SSSR count). The van der Waals surface area contributed by atoms with Gasteiger partial charge in [0, 0.05) is 49.5 Å². The highest BCUT2D eigenvalue weighted by molar-refractivity contribution is 5.76. The zero-order valence-electron chi connectivity index (χ0n) is 17.6. The molecule has 0 spiro atoms. The monoisotopic (exact) mass is 418 g/mol. The highest BCUT2D eigenvalue weighted by Gasteiger charge is 2.26. The van der Waals surface area contributed by atoms with Crippen molar-refractivity contribution in [1.82, 2.24) is 19.9 Å². The number of hydrogen-bond donors (Lipinski definition) is 1. The SMILES string of the molecule is COc1ccc(CCC(=O)N2CCC[C@H](c3nc(-c4ccncc4)cc(=O)[nH]3)C2)cc1. The van der Waals surface area contributed by atoms with Crippen LogP contribution in [0.4, 0.5) is 0 Å². The number of carbonyl (C=O) groups excluding carboxylic acids is 1. The summed E-state index contributed by atoms with van der Waals surface area (Å²) in [6.45, 7) is 1.32. The number of nitrogens with one attached hydrogen (secondary N) is 1. The highest BCUT2D eigenvalue weighted by Crippen LogP contribution is 2.26.